The van der Waals surface area contributed by atoms with Crippen LogP contribution in [0.3, 0.4) is 0 Å². The van der Waals surface area contributed by atoms with E-state index in [0.717, 1.165) is 23.8 Å². The van der Waals surface area contributed by atoms with E-state index in [-0.39, 0.29) is 0 Å². The Morgan fingerprint density at radius 3 is 2.71 bits per heavy atom. The van der Waals surface area contributed by atoms with Crippen LogP contribution in [0.1, 0.15) is 43.2 Å². The monoisotopic (exact) mass is 289 g/mol. The fourth-order valence-electron chi connectivity index (χ4n) is 2.80. The van der Waals surface area contributed by atoms with Crippen molar-refractivity contribution in [1.29, 1.82) is 0 Å². The molecule has 0 aliphatic heterocycles. The number of hydrogen-bond donors (Lipinski definition) is 2. The van der Waals surface area contributed by atoms with Crippen molar-refractivity contribution in [3.63, 3.8) is 0 Å². The van der Waals surface area contributed by atoms with Crippen LogP contribution < -0.4 is 15.4 Å². The third-order valence-corrected chi connectivity index (χ3v) is 4.10. The highest BCUT2D eigenvalue weighted by Gasteiger charge is 2.14. The van der Waals surface area contributed by atoms with Crippen molar-refractivity contribution in [1.82, 2.24) is 10.6 Å². The molecule has 0 aromatic heterocycles. The van der Waals surface area contributed by atoms with E-state index in [0.29, 0.717) is 6.04 Å². The first-order valence-corrected chi connectivity index (χ1v) is 7.83. The molecule has 1 aromatic rings. The summed E-state index contributed by atoms with van der Waals surface area (Å²) >= 11 is 0. The normalized spacial score (nSPS) is 16.6. The predicted octanol–water partition coefficient (Wildman–Crippen LogP) is 3.00. The van der Waals surface area contributed by atoms with Crippen LogP contribution in [0, 0.1) is 6.92 Å². The van der Waals surface area contributed by atoms with Crippen molar-refractivity contribution in [2.75, 3.05) is 14.2 Å². The van der Waals surface area contributed by atoms with Crippen LogP contribution in [0.4, 0.5) is 0 Å². The zero-order valence-electron chi connectivity index (χ0n) is 13.4. The summed E-state index contributed by atoms with van der Waals surface area (Å²) in [5, 5.41) is 6.91. The van der Waals surface area contributed by atoms with Gasteiger partial charge in [-0.3, -0.25) is 4.99 Å². The Balaban J connectivity index is 1.87. The molecule has 116 valence electrons. The maximum atomic E-state index is 5.37. The number of rotatable bonds is 4. The van der Waals surface area contributed by atoms with Crippen LogP contribution >= 0.6 is 0 Å². The van der Waals surface area contributed by atoms with E-state index in [2.05, 4.69) is 40.7 Å². The second-order valence-electron chi connectivity index (χ2n) is 5.71. The molecule has 0 amide bonds. The molecule has 1 aliphatic rings. The molecule has 0 saturated heterocycles. The van der Waals surface area contributed by atoms with Gasteiger partial charge in [-0.1, -0.05) is 31.4 Å². The van der Waals surface area contributed by atoms with Crippen molar-refractivity contribution >= 4 is 5.96 Å². The summed E-state index contributed by atoms with van der Waals surface area (Å²) in [4.78, 5) is 4.32. The van der Waals surface area contributed by atoms with Gasteiger partial charge in [-0.15, -0.1) is 0 Å². The Hall–Kier alpha value is -1.71. The van der Waals surface area contributed by atoms with Gasteiger partial charge in [-0.05, 0) is 37.0 Å². The van der Waals surface area contributed by atoms with Crippen LogP contribution in [0.15, 0.2) is 23.2 Å². The zero-order valence-corrected chi connectivity index (χ0v) is 13.4. The van der Waals surface area contributed by atoms with Gasteiger partial charge in [0.2, 0.25) is 0 Å². The van der Waals surface area contributed by atoms with E-state index in [9.17, 15) is 0 Å². The van der Waals surface area contributed by atoms with Crippen molar-refractivity contribution in [2.24, 2.45) is 4.99 Å². The summed E-state index contributed by atoms with van der Waals surface area (Å²) in [6.07, 6.45) is 6.51. The van der Waals surface area contributed by atoms with Crippen molar-refractivity contribution in [3.05, 3.63) is 29.3 Å². The Bertz CT molecular complexity index is 479. The van der Waals surface area contributed by atoms with E-state index in [4.69, 9.17) is 4.74 Å². The Labute approximate surface area is 128 Å². The molecule has 0 unspecified atom stereocenters. The molecular formula is C17H27N3O. The van der Waals surface area contributed by atoms with Gasteiger partial charge in [0.25, 0.3) is 0 Å². The first-order chi connectivity index (χ1) is 10.2. The average Bonchev–Trinajstić information content (AvgIpc) is 2.53. The SMILES string of the molecule is CN=C(NCc1ccc(C)c(OC)c1)NC1CCCCC1. The quantitative estimate of drug-likeness (QED) is 0.661. The number of methoxy groups -OCH3 is 1. The molecule has 2 rings (SSSR count). The highest BCUT2D eigenvalue weighted by atomic mass is 16.5. The lowest BCUT2D eigenvalue weighted by atomic mass is 9.96. The second kappa shape index (κ2) is 7.91. The highest BCUT2D eigenvalue weighted by Crippen LogP contribution is 2.19. The molecule has 0 radical (unpaired) electrons. The molecule has 0 bridgehead atoms. The summed E-state index contributed by atoms with van der Waals surface area (Å²) in [6, 6.07) is 6.86. The summed E-state index contributed by atoms with van der Waals surface area (Å²) in [7, 11) is 3.54. The first-order valence-electron chi connectivity index (χ1n) is 7.83. The number of ether oxygens (including phenoxy) is 1. The molecule has 0 heterocycles. The fourth-order valence-corrected chi connectivity index (χ4v) is 2.80. The zero-order chi connectivity index (χ0) is 15.1. The average molecular weight is 289 g/mol. The number of nitrogens with zero attached hydrogens (tertiary/aromatic N) is 1. The maximum Gasteiger partial charge on any atom is 0.191 e. The lowest BCUT2D eigenvalue weighted by Crippen LogP contribution is -2.43. The smallest absolute Gasteiger partial charge is 0.191 e. The number of benzene rings is 1. The number of aryl methyl sites for hydroxylation is 1. The van der Waals surface area contributed by atoms with Crippen molar-refractivity contribution in [3.8, 4) is 5.75 Å². The van der Waals surface area contributed by atoms with E-state index >= 15 is 0 Å². The van der Waals surface area contributed by atoms with Crippen LogP contribution in [0.2, 0.25) is 0 Å². The van der Waals surface area contributed by atoms with Gasteiger partial charge >= 0.3 is 0 Å². The van der Waals surface area contributed by atoms with Gasteiger partial charge in [0.05, 0.1) is 7.11 Å². The number of hydrogen-bond acceptors (Lipinski definition) is 2. The summed E-state index contributed by atoms with van der Waals surface area (Å²) in [6.45, 7) is 2.81. The second-order valence-corrected chi connectivity index (χ2v) is 5.71. The van der Waals surface area contributed by atoms with Gasteiger partial charge < -0.3 is 15.4 Å². The minimum absolute atomic E-state index is 0.567. The number of guanidine groups is 1. The molecule has 0 spiro atoms. The van der Waals surface area contributed by atoms with Crippen LogP contribution in [0.5, 0.6) is 5.75 Å². The lowest BCUT2D eigenvalue weighted by molar-refractivity contribution is 0.409. The van der Waals surface area contributed by atoms with Gasteiger partial charge in [-0.25, -0.2) is 0 Å². The molecule has 1 aliphatic carbocycles. The summed E-state index contributed by atoms with van der Waals surface area (Å²) < 4.78 is 5.37. The van der Waals surface area contributed by atoms with E-state index in [1.54, 1.807) is 7.11 Å². The fraction of sp³-hybridized carbons (Fsp3) is 0.588. The van der Waals surface area contributed by atoms with E-state index in [1.165, 1.54) is 37.7 Å². The third kappa shape index (κ3) is 4.66. The van der Waals surface area contributed by atoms with Gasteiger partial charge in [-0.2, -0.15) is 0 Å². The van der Waals surface area contributed by atoms with Gasteiger partial charge in [0, 0.05) is 19.6 Å². The predicted molar refractivity (Wildman–Crippen MR) is 87.9 cm³/mol. The van der Waals surface area contributed by atoms with E-state index < -0.39 is 0 Å². The molecule has 1 aromatic carbocycles. The minimum atomic E-state index is 0.567. The molecule has 2 N–H and O–H groups in total. The van der Waals surface area contributed by atoms with Crippen molar-refractivity contribution in [2.45, 2.75) is 51.6 Å². The summed E-state index contributed by atoms with van der Waals surface area (Å²) in [5.41, 5.74) is 2.36. The Morgan fingerprint density at radius 2 is 2.05 bits per heavy atom. The minimum Gasteiger partial charge on any atom is -0.496 e. The van der Waals surface area contributed by atoms with Gasteiger partial charge in [0.15, 0.2) is 5.96 Å². The lowest BCUT2D eigenvalue weighted by Gasteiger charge is -2.25. The highest BCUT2D eigenvalue weighted by molar-refractivity contribution is 5.79. The molecule has 1 fully saturated rings. The molecule has 4 heteroatoms. The van der Waals surface area contributed by atoms with E-state index in [1.807, 2.05) is 7.05 Å². The largest absolute Gasteiger partial charge is 0.496 e. The van der Waals surface area contributed by atoms with Crippen LogP contribution in [-0.2, 0) is 6.54 Å². The van der Waals surface area contributed by atoms with Gasteiger partial charge in [0.1, 0.15) is 5.75 Å². The first kappa shape index (κ1) is 15.7. The third-order valence-electron chi connectivity index (χ3n) is 4.10. The molecular weight excluding hydrogens is 262 g/mol. The maximum absolute atomic E-state index is 5.37. The standard InChI is InChI=1S/C17H27N3O/c1-13-9-10-14(11-16(13)21-3)12-19-17(18-2)20-15-7-5-4-6-8-15/h9-11,15H,4-8,12H2,1-3H3,(H2,18,19,20). The topological polar surface area (TPSA) is 45.7 Å². The number of aliphatic imine (C=N–C) groups is 1. The molecule has 21 heavy (non-hydrogen) atoms. The van der Waals surface area contributed by atoms with Crippen molar-refractivity contribution < 1.29 is 4.74 Å². The van der Waals surface area contributed by atoms with Crippen LogP contribution in [0.25, 0.3) is 0 Å². The Kier molecular flexibility index (Phi) is 5.90. The van der Waals surface area contributed by atoms with Crippen LogP contribution in [-0.4, -0.2) is 26.2 Å². The summed E-state index contributed by atoms with van der Waals surface area (Å²) in [5.74, 6) is 1.82. The Morgan fingerprint density at radius 1 is 1.29 bits per heavy atom. The number of nitrogens with one attached hydrogen (secondary N) is 2. The molecule has 0 atom stereocenters. The molecule has 1 saturated carbocycles. The molecule has 4 nitrogen and oxygen atoms in total.